The lowest BCUT2D eigenvalue weighted by molar-refractivity contribution is -0.142. The average molecular weight is 791 g/mol. The molecule has 0 heterocycles. The summed E-state index contributed by atoms with van der Waals surface area (Å²) >= 11 is 1.31. The maximum atomic E-state index is 13.5. The van der Waals surface area contributed by atoms with E-state index in [0.717, 1.165) is 0 Å². The summed E-state index contributed by atoms with van der Waals surface area (Å²) in [5.41, 5.74) is 5.49. The molecule has 0 aromatic rings. The monoisotopic (exact) mass is 790 g/mol. The van der Waals surface area contributed by atoms with Crippen LogP contribution in [0, 0.1) is 5.92 Å². The van der Waals surface area contributed by atoms with Crippen LogP contribution in [0.5, 0.6) is 0 Å². The number of thioether (sulfide) groups is 1. The number of hydrogen-bond acceptors (Lipinski definition) is 12. The quantitative estimate of drug-likeness (QED) is 0.0439. The lowest BCUT2D eigenvalue weighted by atomic mass is 10.0. The normalized spacial score (nSPS) is 15.4. The molecule has 0 aromatic carbocycles. The summed E-state index contributed by atoms with van der Waals surface area (Å²) in [6.07, 6.45) is -0.187. The Morgan fingerprint density at radius 2 is 0.870 bits per heavy atom. The van der Waals surface area contributed by atoms with Crippen molar-refractivity contribution in [2.24, 2.45) is 11.7 Å². The Hall–Kier alpha value is -4.99. The van der Waals surface area contributed by atoms with Gasteiger partial charge >= 0.3 is 17.9 Å². The zero-order chi connectivity index (χ0) is 41.9. The molecule has 12 N–H and O–H groups in total. The minimum atomic E-state index is -1.51. The number of carbonyl (C=O) groups excluding carboxylic acids is 7. The van der Waals surface area contributed by atoms with Crippen molar-refractivity contribution in [2.45, 2.75) is 122 Å². The molecule has 54 heavy (non-hydrogen) atoms. The van der Waals surface area contributed by atoms with Gasteiger partial charge in [-0.3, -0.25) is 47.9 Å². The highest BCUT2D eigenvalue weighted by Crippen LogP contribution is 2.08. The van der Waals surface area contributed by atoms with Gasteiger partial charge in [-0.05, 0) is 64.9 Å². The fraction of sp³-hybridized carbons (Fsp3) is 0.688. The third-order valence-electron chi connectivity index (χ3n) is 7.70. The van der Waals surface area contributed by atoms with Gasteiger partial charge in [0.1, 0.15) is 42.3 Å². The largest absolute Gasteiger partial charge is 0.481 e. The predicted molar refractivity (Wildman–Crippen MR) is 193 cm³/mol. The molecule has 8 atom stereocenters. The highest BCUT2D eigenvalue weighted by molar-refractivity contribution is 7.98. The Labute approximate surface area is 316 Å². The molecule has 7 amide bonds. The first kappa shape index (κ1) is 49.0. The molecule has 0 fully saturated rings. The third-order valence-corrected chi connectivity index (χ3v) is 8.34. The number of carboxylic acids is 3. The topological polar surface area (TPSA) is 342 Å². The van der Waals surface area contributed by atoms with Gasteiger partial charge in [-0.1, -0.05) is 13.8 Å². The first-order valence-electron chi connectivity index (χ1n) is 17.1. The van der Waals surface area contributed by atoms with E-state index in [-0.39, 0.29) is 12.8 Å². The summed E-state index contributed by atoms with van der Waals surface area (Å²) in [4.78, 5) is 124. The Bertz CT molecular complexity index is 1380. The molecule has 0 saturated carbocycles. The first-order chi connectivity index (χ1) is 25.0. The molecule has 0 saturated heterocycles. The van der Waals surface area contributed by atoms with Crippen LogP contribution in [0.4, 0.5) is 0 Å². The van der Waals surface area contributed by atoms with E-state index in [1.807, 2.05) is 0 Å². The van der Waals surface area contributed by atoms with E-state index >= 15 is 0 Å². The molecule has 0 aliphatic carbocycles. The maximum Gasteiger partial charge on any atom is 0.325 e. The fourth-order valence-corrected chi connectivity index (χ4v) is 4.86. The molecule has 0 aliphatic rings. The van der Waals surface area contributed by atoms with Gasteiger partial charge in [0.2, 0.25) is 41.4 Å². The van der Waals surface area contributed by atoms with Crippen LogP contribution in [0.3, 0.4) is 0 Å². The summed E-state index contributed by atoms with van der Waals surface area (Å²) in [6.45, 7) is 8.31. The van der Waals surface area contributed by atoms with Crippen molar-refractivity contribution in [3.8, 4) is 0 Å². The summed E-state index contributed by atoms with van der Waals surface area (Å²) in [6, 6.07) is -10.3. The van der Waals surface area contributed by atoms with Crippen LogP contribution in [-0.2, 0) is 47.9 Å². The van der Waals surface area contributed by atoms with Gasteiger partial charge in [0.25, 0.3) is 0 Å². The molecular formula is C32H54N8O13S. The van der Waals surface area contributed by atoms with Crippen LogP contribution >= 0.6 is 11.8 Å². The van der Waals surface area contributed by atoms with E-state index in [1.54, 1.807) is 20.1 Å². The van der Waals surface area contributed by atoms with E-state index in [1.165, 1.54) is 39.5 Å². The van der Waals surface area contributed by atoms with Gasteiger partial charge in [-0.2, -0.15) is 11.8 Å². The van der Waals surface area contributed by atoms with Gasteiger partial charge in [0.15, 0.2) is 0 Å². The lowest BCUT2D eigenvalue weighted by Gasteiger charge is -2.27. The number of rotatable bonds is 25. The number of nitrogens with one attached hydrogen (secondary N) is 7. The molecule has 0 bridgehead atoms. The van der Waals surface area contributed by atoms with Crippen LogP contribution in [0.25, 0.3) is 0 Å². The van der Waals surface area contributed by atoms with Crippen molar-refractivity contribution in [2.75, 3.05) is 12.0 Å². The second-order valence-corrected chi connectivity index (χ2v) is 13.9. The zero-order valence-electron chi connectivity index (χ0n) is 31.3. The van der Waals surface area contributed by atoms with Crippen molar-refractivity contribution in [3.05, 3.63) is 0 Å². The molecule has 22 heteroatoms. The number of carboxylic acid groups (broad SMARTS) is 3. The van der Waals surface area contributed by atoms with E-state index in [4.69, 9.17) is 15.9 Å². The van der Waals surface area contributed by atoms with Crippen molar-refractivity contribution < 1.29 is 63.3 Å². The Morgan fingerprint density at radius 1 is 0.500 bits per heavy atom. The van der Waals surface area contributed by atoms with E-state index < -0.39 is 133 Å². The third kappa shape index (κ3) is 18.7. The highest BCUT2D eigenvalue weighted by Gasteiger charge is 2.33. The number of amides is 7. The number of aliphatic carboxylic acids is 3. The van der Waals surface area contributed by atoms with Crippen LogP contribution in [-0.4, -0.2) is 135 Å². The maximum absolute atomic E-state index is 13.5. The molecule has 0 aliphatic heterocycles. The van der Waals surface area contributed by atoms with E-state index in [9.17, 15) is 53.1 Å². The molecule has 21 nitrogen and oxygen atoms in total. The molecular weight excluding hydrogens is 736 g/mol. The minimum absolute atomic E-state index is 0.0130. The second kappa shape index (κ2) is 24.3. The number of nitrogens with two attached hydrogens (primary N) is 1. The van der Waals surface area contributed by atoms with Gasteiger partial charge in [-0.25, -0.2) is 0 Å². The summed E-state index contributed by atoms with van der Waals surface area (Å²) < 4.78 is 0. The van der Waals surface area contributed by atoms with Crippen LogP contribution in [0.1, 0.15) is 73.6 Å². The summed E-state index contributed by atoms with van der Waals surface area (Å²) in [5.74, 6) is -10.1. The van der Waals surface area contributed by atoms with Crippen LogP contribution < -0.4 is 43.0 Å². The summed E-state index contributed by atoms with van der Waals surface area (Å²) in [5, 5.41) is 44.1. The van der Waals surface area contributed by atoms with Crippen molar-refractivity contribution in [1.82, 2.24) is 37.2 Å². The number of carbonyl (C=O) groups is 10. The molecule has 306 valence electrons. The lowest BCUT2D eigenvalue weighted by Crippen LogP contribution is -2.60. The molecule has 0 radical (unpaired) electrons. The minimum Gasteiger partial charge on any atom is -0.481 e. The fourth-order valence-electron chi connectivity index (χ4n) is 4.39. The molecule has 0 aromatic heterocycles. The van der Waals surface area contributed by atoms with Gasteiger partial charge in [0, 0.05) is 12.8 Å². The SMILES string of the molecule is CSCC[C@H](NC(=O)[C@H](C)NC(=O)[C@H](CCC(=O)O)NC(=O)[C@H](C)NC(=O)[C@H](C)N)C(=O)N[C@@H](CCC(=O)O)C(=O)N[C@H](C(=O)N[C@@H](C)C(=O)O)C(C)C. The van der Waals surface area contributed by atoms with Crippen molar-refractivity contribution in [1.29, 1.82) is 0 Å². The van der Waals surface area contributed by atoms with Gasteiger partial charge < -0.3 is 58.3 Å². The van der Waals surface area contributed by atoms with Crippen molar-refractivity contribution in [3.63, 3.8) is 0 Å². The van der Waals surface area contributed by atoms with Crippen LogP contribution in [0.2, 0.25) is 0 Å². The van der Waals surface area contributed by atoms with Crippen LogP contribution in [0.15, 0.2) is 0 Å². The average Bonchev–Trinajstić information content (AvgIpc) is 3.07. The molecule has 0 unspecified atom stereocenters. The molecule has 0 rings (SSSR count). The number of hydrogen-bond donors (Lipinski definition) is 11. The Kier molecular flexibility index (Phi) is 22.1. The smallest absolute Gasteiger partial charge is 0.325 e. The van der Waals surface area contributed by atoms with Crippen molar-refractivity contribution >= 4 is 71.0 Å². The second-order valence-electron chi connectivity index (χ2n) is 12.9. The Balaban J connectivity index is 6.00. The summed E-state index contributed by atoms with van der Waals surface area (Å²) in [7, 11) is 0. The standard InChI is InChI=1S/C32H54N8O13S/c1-14(2)24(31(51)36-18(6)32(52)53)40-30(50)20(9-11-23(43)44)39-29(49)21(12-13-54-7)38-27(47)17(5)35-28(48)19(8-10-22(41)42)37-26(46)16(4)34-25(45)15(3)33/h14-21,24H,8-13,33H2,1-7H3,(H,34,45)(H,35,48)(H,36,51)(H,37,46)(H,38,47)(H,39,49)(H,40,50)(H,41,42)(H,43,44)(H,52,53)/t15-,16-,17-,18-,19-,20-,21-,24-/m0/s1. The highest BCUT2D eigenvalue weighted by atomic mass is 32.2. The molecule has 0 spiro atoms. The van der Waals surface area contributed by atoms with E-state index in [2.05, 4.69) is 37.2 Å². The van der Waals surface area contributed by atoms with Gasteiger partial charge in [0.05, 0.1) is 6.04 Å². The zero-order valence-corrected chi connectivity index (χ0v) is 32.2. The first-order valence-corrected chi connectivity index (χ1v) is 18.4. The predicted octanol–water partition coefficient (Wildman–Crippen LogP) is -2.99. The Morgan fingerprint density at radius 3 is 1.26 bits per heavy atom. The van der Waals surface area contributed by atoms with E-state index in [0.29, 0.717) is 5.75 Å². The van der Waals surface area contributed by atoms with Gasteiger partial charge in [-0.15, -0.1) is 0 Å².